The maximum atomic E-state index is 11.8. The Hall–Kier alpha value is -2.06. The van der Waals surface area contributed by atoms with Gasteiger partial charge in [0.15, 0.2) is 6.61 Å². The summed E-state index contributed by atoms with van der Waals surface area (Å²) in [4.78, 5) is 13.4. The van der Waals surface area contributed by atoms with E-state index in [-0.39, 0.29) is 12.5 Å². The lowest BCUT2D eigenvalue weighted by Crippen LogP contribution is -2.39. The van der Waals surface area contributed by atoms with Gasteiger partial charge in [0.2, 0.25) is 0 Å². The molecule has 1 aromatic rings. The quantitative estimate of drug-likeness (QED) is 0.861. The molecule has 0 spiro atoms. The zero-order valence-corrected chi connectivity index (χ0v) is 10.3. The molecule has 0 bridgehead atoms. The summed E-state index contributed by atoms with van der Waals surface area (Å²) < 4.78 is 5.38. The van der Waals surface area contributed by atoms with Crippen LogP contribution >= 0.6 is 0 Å². The molecule has 5 heteroatoms. The van der Waals surface area contributed by atoms with E-state index in [1.54, 1.807) is 4.90 Å². The van der Waals surface area contributed by atoms with Crippen molar-refractivity contribution in [3.05, 3.63) is 23.8 Å². The number of amides is 1. The first kappa shape index (κ1) is 12.4. The van der Waals surface area contributed by atoms with Crippen LogP contribution in [0.15, 0.2) is 18.2 Å². The van der Waals surface area contributed by atoms with Gasteiger partial charge in [0, 0.05) is 13.1 Å². The van der Waals surface area contributed by atoms with Gasteiger partial charge in [-0.15, -0.1) is 0 Å². The normalized spacial score (nSPS) is 13.8. The van der Waals surface area contributed by atoms with Crippen LogP contribution in [0.3, 0.4) is 0 Å². The van der Waals surface area contributed by atoms with Crippen molar-refractivity contribution in [1.82, 2.24) is 5.32 Å². The van der Waals surface area contributed by atoms with Crippen molar-refractivity contribution in [3.8, 4) is 11.8 Å². The van der Waals surface area contributed by atoms with Crippen LogP contribution in [0.25, 0.3) is 0 Å². The Bertz CT molecular complexity index is 493. The smallest absolute Gasteiger partial charge is 0.265 e. The fourth-order valence-corrected chi connectivity index (χ4v) is 1.97. The zero-order chi connectivity index (χ0) is 13.0. The van der Waals surface area contributed by atoms with Crippen LogP contribution in [-0.4, -0.2) is 26.1 Å². The average molecular weight is 245 g/mol. The lowest BCUT2D eigenvalue weighted by molar-refractivity contribution is -0.121. The lowest BCUT2D eigenvalue weighted by atomic mass is 10.1. The highest BCUT2D eigenvalue weighted by Gasteiger charge is 2.25. The van der Waals surface area contributed by atoms with E-state index in [4.69, 9.17) is 10.00 Å². The highest BCUT2D eigenvalue weighted by atomic mass is 16.5. The molecular weight excluding hydrogens is 230 g/mol. The molecule has 5 nitrogen and oxygen atoms in total. The van der Waals surface area contributed by atoms with Crippen molar-refractivity contribution in [3.63, 3.8) is 0 Å². The van der Waals surface area contributed by atoms with Gasteiger partial charge >= 0.3 is 0 Å². The highest BCUT2D eigenvalue weighted by Crippen LogP contribution is 2.33. The van der Waals surface area contributed by atoms with E-state index in [0.717, 1.165) is 17.8 Å². The molecule has 94 valence electrons. The molecular formula is C13H15N3O2. The monoisotopic (exact) mass is 245 g/mol. The SMILES string of the molecule is CNCc1ccc2c(c1)N(CCC#N)C(=O)CO2. The molecule has 1 amide bonds. The standard InChI is InChI=1S/C13H15N3O2/c1-15-8-10-3-4-12-11(7-10)16(6-2-5-14)13(17)9-18-12/h3-4,7,15H,2,6,8-9H2,1H3. The van der Waals surface area contributed by atoms with Gasteiger partial charge in [0.1, 0.15) is 5.75 Å². The van der Waals surface area contributed by atoms with E-state index in [0.29, 0.717) is 18.7 Å². The van der Waals surface area contributed by atoms with Gasteiger partial charge < -0.3 is 15.0 Å². The van der Waals surface area contributed by atoms with Crippen LogP contribution in [0.2, 0.25) is 0 Å². The Kier molecular flexibility index (Phi) is 3.80. The van der Waals surface area contributed by atoms with Crippen LogP contribution in [0.5, 0.6) is 5.75 Å². The Morgan fingerprint density at radius 2 is 2.39 bits per heavy atom. The number of hydrogen-bond acceptors (Lipinski definition) is 4. The number of ether oxygens (including phenoxy) is 1. The number of carbonyl (C=O) groups excluding carboxylic acids is 1. The summed E-state index contributed by atoms with van der Waals surface area (Å²) in [5, 5.41) is 11.7. The lowest BCUT2D eigenvalue weighted by Gasteiger charge is -2.29. The number of nitrogens with zero attached hydrogens (tertiary/aromatic N) is 2. The van der Waals surface area contributed by atoms with E-state index < -0.39 is 0 Å². The van der Waals surface area contributed by atoms with Crippen molar-refractivity contribution in [2.45, 2.75) is 13.0 Å². The number of nitrogens with one attached hydrogen (secondary N) is 1. The van der Waals surface area contributed by atoms with E-state index >= 15 is 0 Å². The second-order valence-corrected chi connectivity index (χ2v) is 4.07. The molecule has 0 fully saturated rings. The zero-order valence-electron chi connectivity index (χ0n) is 10.3. The molecule has 1 aromatic carbocycles. The van der Waals surface area contributed by atoms with Gasteiger partial charge in [-0.2, -0.15) is 5.26 Å². The van der Waals surface area contributed by atoms with E-state index in [9.17, 15) is 4.79 Å². The van der Waals surface area contributed by atoms with Crippen molar-refractivity contribution < 1.29 is 9.53 Å². The summed E-state index contributed by atoms with van der Waals surface area (Å²) in [6.07, 6.45) is 0.321. The van der Waals surface area contributed by atoms with Gasteiger partial charge in [-0.25, -0.2) is 0 Å². The first-order valence-corrected chi connectivity index (χ1v) is 5.84. The molecule has 1 N–H and O–H groups in total. The molecule has 0 radical (unpaired) electrons. The number of fused-ring (bicyclic) bond motifs is 1. The summed E-state index contributed by atoms with van der Waals surface area (Å²) in [5.41, 5.74) is 1.84. The minimum absolute atomic E-state index is 0.0454. The number of carbonyl (C=O) groups is 1. The minimum Gasteiger partial charge on any atom is -0.482 e. The Morgan fingerprint density at radius 1 is 1.56 bits per heavy atom. The molecule has 1 heterocycles. The molecule has 0 unspecified atom stereocenters. The molecule has 1 aliphatic heterocycles. The Balaban J connectivity index is 2.31. The summed E-state index contributed by atoms with van der Waals surface area (Å²) >= 11 is 0. The second-order valence-electron chi connectivity index (χ2n) is 4.07. The van der Waals surface area contributed by atoms with Crippen molar-refractivity contribution >= 4 is 11.6 Å². The van der Waals surface area contributed by atoms with Crippen LogP contribution in [-0.2, 0) is 11.3 Å². The molecule has 18 heavy (non-hydrogen) atoms. The van der Waals surface area contributed by atoms with Gasteiger partial charge in [-0.05, 0) is 24.7 Å². The van der Waals surface area contributed by atoms with Crippen LogP contribution in [0.1, 0.15) is 12.0 Å². The second kappa shape index (κ2) is 5.52. The van der Waals surface area contributed by atoms with Crippen molar-refractivity contribution in [2.75, 3.05) is 25.1 Å². The molecule has 0 atom stereocenters. The fourth-order valence-electron chi connectivity index (χ4n) is 1.97. The third-order valence-corrected chi connectivity index (χ3v) is 2.79. The predicted octanol–water partition coefficient (Wildman–Crippen LogP) is 1.05. The van der Waals surface area contributed by atoms with Crippen LogP contribution in [0.4, 0.5) is 5.69 Å². The number of nitriles is 1. The molecule has 0 aliphatic carbocycles. The van der Waals surface area contributed by atoms with E-state index in [2.05, 4.69) is 11.4 Å². The third-order valence-electron chi connectivity index (χ3n) is 2.79. The molecule has 0 saturated heterocycles. The minimum atomic E-state index is -0.0978. The molecule has 1 aliphatic rings. The van der Waals surface area contributed by atoms with Gasteiger partial charge in [0.05, 0.1) is 18.2 Å². The Morgan fingerprint density at radius 3 is 3.11 bits per heavy atom. The largest absolute Gasteiger partial charge is 0.482 e. The summed E-state index contributed by atoms with van der Waals surface area (Å²) in [7, 11) is 1.87. The maximum absolute atomic E-state index is 11.8. The van der Waals surface area contributed by atoms with Gasteiger partial charge in [-0.3, -0.25) is 4.79 Å². The first-order chi connectivity index (χ1) is 8.76. The van der Waals surface area contributed by atoms with E-state index in [1.165, 1.54) is 0 Å². The van der Waals surface area contributed by atoms with Gasteiger partial charge in [0.25, 0.3) is 5.91 Å². The maximum Gasteiger partial charge on any atom is 0.265 e. The number of anilines is 1. The van der Waals surface area contributed by atoms with Crippen LogP contribution < -0.4 is 15.0 Å². The Labute approximate surface area is 106 Å². The highest BCUT2D eigenvalue weighted by molar-refractivity contribution is 5.97. The fraction of sp³-hybridized carbons (Fsp3) is 0.385. The number of benzene rings is 1. The average Bonchev–Trinajstić information content (AvgIpc) is 2.38. The summed E-state index contributed by atoms with van der Waals surface area (Å²) in [5.74, 6) is 0.603. The summed E-state index contributed by atoms with van der Waals surface area (Å²) in [6, 6.07) is 7.82. The number of hydrogen-bond donors (Lipinski definition) is 1. The van der Waals surface area contributed by atoms with Crippen molar-refractivity contribution in [2.24, 2.45) is 0 Å². The van der Waals surface area contributed by atoms with Gasteiger partial charge in [-0.1, -0.05) is 6.07 Å². The topological polar surface area (TPSA) is 65.4 Å². The summed E-state index contributed by atoms with van der Waals surface area (Å²) in [6.45, 7) is 1.19. The van der Waals surface area contributed by atoms with E-state index in [1.807, 2.05) is 25.2 Å². The first-order valence-electron chi connectivity index (χ1n) is 5.84. The van der Waals surface area contributed by atoms with Crippen molar-refractivity contribution in [1.29, 1.82) is 5.26 Å². The number of rotatable bonds is 4. The third kappa shape index (κ3) is 2.44. The van der Waals surface area contributed by atoms with Crippen LogP contribution in [0, 0.1) is 11.3 Å². The molecule has 0 saturated carbocycles. The molecule has 2 rings (SSSR count). The molecule has 0 aromatic heterocycles. The predicted molar refractivity (Wildman–Crippen MR) is 67.3 cm³/mol.